The molecule has 1 aromatic heterocycles. The largest absolute Gasteiger partial charge is 0.345 e. The van der Waals surface area contributed by atoms with E-state index in [1.54, 1.807) is 42.1 Å². The van der Waals surface area contributed by atoms with Crippen molar-refractivity contribution in [3.8, 4) is 0 Å². The maximum Gasteiger partial charge on any atom is 0.272 e. The van der Waals surface area contributed by atoms with Crippen LogP contribution in [0.5, 0.6) is 0 Å². The second-order valence-electron chi connectivity index (χ2n) is 3.73. The van der Waals surface area contributed by atoms with Gasteiger partial charge in [-0.25, -0.2) is 0 Å². The van der Waals surface area contributed by atoms with Gasteiger partial charge in [-0.1, -0.05) is 23.2 Å². The van der Waals surface area contributed by atoms with Crippen molar-refractivity contribution in [3.63, 3.8) is 0 Å². The maximum atomic E-state index is 12.1. The van der Waals surface area contributed by atoms with Gasteiger partial charge in [-0.2, -0.15) is 0 Å². The molecule has 0 fully saturated rings. The molecular weight excluding hydrogens is 339 g/mol. The van der Waals surface area contributed by atoms with E-state index in [2.05, 4.69) is 21.2 Å². The van der Waals surface area contributed by atoms with Crippen molar-refractivity contribution in [2.45, 2.75) is 0 Å². The first-order valence-electron chi connectivity index (χ1n) is 5.05. The Labute approximate surface area is 123 Å². The molecule has 0 atom stereocenters. The summed E-state index contributed by atoms with van der Waals surface area (Å²) in [5.41, 5.74) is 1.09. The lowest BCUT2D eigenvalue weighted by molar-refractivity contribution is 0.101. The van der Waals surface area contributed by atoms with E-state index in [1.807, 2.05) is 0 Å². The van der Waals surface area contributed by atoms with Crippen molar-refractivity contribution in [1.82, 2.24) is 4.57 Å². The average Bonchev–Trinajstić information content (AvgIpc) is 2.63. The third-order valence-corrected chi connectivity index (χ3v) is 3.51. The van der Waals surface area contributed by atoms with Crippen LogP contribution in [0, 0.1) is 0 Å². The van der Waals surface area contributed by atoms with Gasteiger partial charge in [0.25, 0.3) is 5.91 Å². The van der Waals surface area contributed by atoms with E-state index in [0.29, 0.717) is 21.4 Å². The molecule has 1 aromatic carbocycles. The van der Waals surface area contributed by atoms with Crippen LogP contribution in [0.25, 0.3) is 0 Å². The van der Waals surface area contributed by atoms with Gasteiger partial charge in [0, 0.05) is 22.7 Å². The number of aryl methyl sites for hydroxylation is 1. The second kappa shape index (κ2) is 5.34. The molecule has 0 saturated carbocycles. The van der Waals surface area contributed by atoms with Gasteiger partial charge in [0.05, 0.1) is 10.7 Å². The monoisotopic (exact) mass is 346 g/mol. The third kappa shape index (κ3) is 2.88. The number of aromatic nitrogens is 1. The van der Waals surface area contributed by atoms with Crippen molar-refractivity contribution in [2.24, 2.45) is 7.05 Å². The summed E-state index contributed by atoms with van der Waals surface area (Å²) in [6, 6.07) is 6.79. The number of carbonyl (C=O) groups is 1. The number of hydrogen-bond acceptors (Lipinski definition) is 1. The molecule has 1 N–H and O–H groups in total. The summed E-state index contributed by atoms with van der Waals surface area (Å²) in [6.45, 7) is 0. The van der Waals surface area contributed by atoms with Gasteiger partial charge >= 0.3 is 0 Å². The smallest absolute Gasteiger partial charge is 0.272 e. The zero-order chi connectivity index (χ0) is 13.3. The number of nitrogens with one attached hydrogen (secondary N) is 1. The number of nitrogens with zero attached hydrogens (tertiary/aromatic N) is 1. The molecule has 0 aliphatic heterocycles. The van der Waals surface area contributed by atoms with Crippen molar-refractivity contribution in [2.75, 3.05) is 5.32 Å². The van der Waals surface area contributed by atoms with Gasteiger partial charge in [-0.05, 0) is 40.2 Å². The predicted octanol–water partition coefficient (Wildman–Crippen LogP) is 4.35. The summed E-state index contributed by atoms with van der Waals surface area (Å²) in [7, 11) is 1.76. The van der Waals surface area contributed by atoms with Crippen LogP contribution in [0.4, 0.5) is 5.69 Å². The molecule has 0 aliphatic rings. The number of amides is 1. The average molecular weight is 348 g/mol. The van der Waals surface area contributed by atoms with Gasteiger partial charge in [0.15, 0.2) is 0 Å². The molecule has 0 unspecified atom stereocenters. The van der Waals surface area contributed by atoms with Gasteiger partial charge in [0.1, 0.15) is 5.69 Å². The summed E-state index contributed by atoms with van der Waals surface area (Å²) in [5.74, 6) is -0.243. The molecule has 0 spiro atoms. The van der Waals surface area contributed by atoms with E-state index in [4.69, 9.17) is 23.2 Å². The van der Waals surface area contributed by atoms with E-state index in [0.717, 1.165) is 4.47 Å². The first kappa shape index (κ1) is 13.5. The van der Waals surface area contributed by atoms with Crippen LogP contribution < -0.4 is 5.32 Å². The summed E-state index contributed by atoms with van der Waals surface area (Å²) in [6.07, 6.45) is 1.67. The van der Waals surface area contributed by atoms with Gasteiger partial charge < -0.3 is 9.88 Å². The van der Waals surface area contributed by atoms with Crippen LogP contribution in [0.1, 0.15) is 10.5 Å². The number of hydrogen-bond donors (Lipinski definition) is 1. The zero-order valence-corrected chi connectivity index (χ0v) is 12.5. The molecule has 18 heavy (non-hydrogen) atoms. The first-order chi connectivity index (χ1) is 8.47. The molecule has 3 nitrogen and oxygen atoms in total. The number of anilines is 1. The molecule has 2 rings (SSSR count). The summed E-state index contributed by atoms with van der Waals surface area (Å²) in [4.78, 5) is 12.1. The Kier molecular flexibility index (Phi) is 4.00. The molecule has 94 valence electrons. The summed E-state index contributed by atoms with van der Waals surface area (Å²) >= 11 is 15.1. The molecule has 0 bridgehead atoms. The topological polar surface area (TPSA) is 34.0 Å². The van der Waals surface area contributed by atoms with E-state index < -0.39 is 0 Å². The molecule has 0 radical (unpaired) electrons. The number of halogens is 3. The zero-order valence-electron chi connectivity index (χ0n) is 9.38. The van der Waals surface area contributed by atoms with Gasteiger partial charge in [-0.3, -0.25) is 4.79 Å². The van der Waals surface area contributed by atoms with E-state index in [9.17, 15) is 4.79 Å². The Morgan fingerprint density at radius 1 is 1.28 bits per heavy atom. The highest BCUT2D eigenvalue weighted by Gasteiger charge is 2.13. The van der Waals surface area contributed by atoms with Crippen molar-refractivity contribution < 1.29 is 4.79 Å². The standard InChI is InChI=1S/C12H9BrCl2N2O/c1-17-6-8(15)5-11(17)12(18)16-10-4-7(14)2-3-9(10)13/h2-6H,1H3,(H,16,18). The Balaban J connectivity index is 2.26. The molecule has 1 amide bonds. The summed E-state index contributed by atoms with van der Waals surface area (Å²) in [5, 5.41) is 3.85. The van der Waals surface area contributed by atoms with Crippen molar-refractivity contribution >= 4 is 50.7 Å². The summed E-state index contributed by atoms with van der Waals surface area (Å²) < 4.78 is 2.43. The third-order valence-electron chi connectivity index (χ3n) is 2.38. The molecule has 6 heteroatoms. The molecular formula is C12H9BrCl2N2O. The number of carbonyl (C=O) groups excluding carboxylic acids is 1. The van der Waals surface area contributed by atoms with Crippen molar-refractivity contribution in [3.05, 3.63) is 50.7 Å². The lowest BCUT2D eigenvalue weighted by atomic mass is 10.3. The molecule has 0 aliphatic carbocycles. The Morgan fingerprint density at radius 2 is 2.00 bits per heavy atom. The molecule has 0 saturated heterocycles. The van der Waals surface area contributed by atoms with Crippen LogP contribution in [0.2, 0.25) is 10.0 Å². The van der Waals surface area contributed by atoms with Crippen LogP contribution in [0.15, 0.2) is 34.9 Å². The van der Waals surface area contributed by atoms with E-state index in [-0.39, 0.29) is 5.91 Å². The highest BCUT2D eigenvalue weighted by molar-refractivity contribution is 9.10. The van der Waals surface area contributed by atoms with Gasteiger partial charge in [0.2, 0.25) is 0 Å². The second-order valence-corrected chi connectivity index (χ2v) is 5.46. The van der Waals surface area contributed by atoms with Crippen LogP contribution in [0.3, 0.4) is 0 Å². The molecule has 1 heterocycles. The number of rotatable bonds is 2. The number of benzene rings is 1. The predicted molar refractivity (Wildman–Crippen MR) is 77.5 cm³/mol. The SMILES string of the molecule is Cn1cc(Cl)cc1C(=O)Nc1cc(Cl)ccc1Br. The first-order valence-corrected chi connectivity index (χ1v) is 6.60. The minimum absolute atomic E-state index is 0.243. The maximum absolute atomic E-state index is 12.1. The fraction of sp³-hybridized carbons (Fsp3) is 0.0833. The van der Waals surface area contributed by atoms with Crippen LogP contribution in [-0.4, -0.2) is 10.5 Å². The fourth-order valence-corrected chi connectivity index (χ4v) is 2.30. The van der Waals surface area contributed by atoms with Crippen molar-refractivity contribution in [1.29, 1.82) is 0 Å². The minimum atomic E-state index is -0.243. The molecule has 2 aromatic rings. The van der Waals surface area contributed by atoms with Crippen LogP contribution >= 0.6 is 39.1 Å². The van der Waals surface area contributed by atoms with E-state index >= 15 is 0 Å². The Morgan fingerprint density at radius 3 is 2.61 bits per heavy atom. The lowest BCUT2D eigenvalue weighted by Crippen LogP contribution is -2.15. The van der Waals surface area contributed by atoms with Gasteiger partial charge in [-0.15, -0.1) is 0 Å². The highest BCUT2D eigenvalue weighted by Crippen LogP contribution is 2.26. The fourth-order valence-electron chi connectivity index (χ4n) is 1.53. The van der Waals surface area contributed by atoms with Crippen LogP contribution in [-0.2, 0) is 7.05 Å². The Bertz CT molecular complexity index is 610. The highest BCUT2D eigenvalue weighted by atomic mass is 79.9. The normalized spacial score (nSPS) is 10.4. The lowest BCUT2D eigenvalue weighted by Gasteiger charge is -2.08. The minimum Gasteiger partial charge on any atom is -0.345 e. The Hall–Kier alpha value is -0.970. The quantitative estimate of drug-likeness (QED) is 0.861. The van der Waals surface area contributed by atoms with E-state index in [1.165, 1.54) is 0 Å².